The summed E-state index contributed by atoms with van der Waals surface area (Å²) in [6.07, 6.45) is 0. The Bertz CT molecular complexity index is 273. The van der Waals surface area contributed by atoms with Crippen LogP contribution in [0.1, 0.15) is 20.8 Å². The molecule has 5 N–H and O–H groups in total. The highest BCUT2D eigenvalue weighted by Gasteiger charge is 2.56. The minimum Gasteiger partial charge on any atom is -0.370 e. The fourth-order valence-electron chi connectivity index (χ4n) is 1.78. The van der Waals surface area contributed by atoms with Gasteiger partial charge in [0.2, 0.25) is 5.91 Å². The van der Waals surface area contributed by atoms with E-state index in [0.29, 0.717) is 13.1 Å². The molecular formula is C9H18N4O. The molecule has 0 aromatic heterocycles. The Morgan fingerprint density at radius 3 is 2.00 bits per heavy atom. The third kappa shape index (κ3) is 1.32. The van der Waals surface area contributed by atoms with Crippen molar-refractivity contribution in [1.29, 1.82) is 5.41 Å². The maximum atomic E-state index is 11.4. The van der Waals surface area contributed by atoms with E-state index in [4.69, 9.17) is 16.9 Å². The lowest BCUT2D eigenvalue weighted by molar-refractivity contribution is -0.146. The Balaban J connectivity index is 2.83. The first-order chi connectivity index (χ1) is 6.21. The van der Waals surface area contributed by atoms with Crippen LogP contribution in [-0.4, -0.2) is 29.9 Å². The lowest BCUT2D eigenvalue weighted by Gasteiger charge is -2.55. The summed E-state index contributed by atoms with van der Waals surface area (Å²) in [7, 11) is 0. The Morgan fingerprint density at radius 2 is 1.79 bits per heavy atom. The van der Waals surface area contributed by atoms with Gasteiger partial charge in [0.1, 0.15) is 0 Å². The number of guanidine groups is 1. The fourth-order valence-corrected chi connectivity index (χ4v) is 1.78. The predicted molar refractivity (Wildman–Crippen MR) is 54.6 cm³/mol. The van der Waals surface area contributed by atoms with Gasteiger partial charge in [-0.1, -0.05) is 20.8 Å². The van der Waals surface area contributed by atoms with Crippen molar-refractivity contribution in [2.75, 3.05) is 13.1 Å². The van der Waals surface area contributed by atoms with Crippen LogP contribution in [0.5, 0.6) is 0 Å². The van der Waals surface area contributed by atoms with E-state index in [1.165, 1.54) is 0 Å². The number of carbonyl (C=O) groups is 1. The highest BCUT2D eigenvalue weighted by Crippen LogP contribution is 2.45. The average molecular weight is 198 g/mol. The first-order valence-corrected chi connectivity index (χ1v) is 4.59. The topological polar surface area (TPSA) is 96.2 Å². The molecule has 1 amide bonds. The number of nitrogens with two attached hydrogens (primary N) is 2. The Labute approximate surface area is 83.9 Å². The van der Waals surface area contributed by atoms with E-state index in [1.807, 2.05) is 20.8 Å². The van der Waals surface area contributed by atoms with Gasteiger partial charge in [-0.3, -0.25) is 10.2 Å². The van der Waals surface area contributed by atoms with Crippen molar-refractivity contribution in [2.45, 2.75) is 20.8 Å². The fraction of sp³-hybridized carbons (Fsp3) is 0.778. The summed E-state index contributed by atoms with van der Waals surface area (Å²) in [5.41, 5.74) is 9.99. The van der Waals surface area contributed by atoms with Gasteiger partial charge in [0.15, 0.2) is 5.96 Å². The second-order valence-corrected chi connectivity index (χ2v) is 4.94. The van der Waals surface area contributed by atoms with Crippen molar-refractivity contribution in [2.24, 2.45) is 22.3 Å². The van der Waals surface area contributed by atoms with Crippen LogP contribution in [0.2, 0.25) is 0 Å². The van der Waals surface area contributed by atoms with Crippen molar-refractivity contribution < 1.29 is 4.79 Å². The van der Waals surface area contributed by atoms with Crippen molar-refractivity contribution in [1.82, 2.24) is 4.90 Å². The third-order valence-corrected chi connectivity index (χ3v) is 3.17. The van der Waals surface area contributed by atoms with Crippen LogP contribution in [0.25, 0.3) is 0 Å². The van der Waals surface area contributed by atoms with Gasteiger partial charge in [0.05, 0.1) is 5.41 Å². The summed E-state index contributed by atoms with van der Waals surface area (Å²) < 4.78 is 0. The molecule has 1 fully saturated rings. The predicted octanol–water partition coefficient (Wildman–Crippen LogP) is -0.287. The van der Waals surface area contributed by atoms with E-state index in [2.05, 4.69) is 0 Å². The molecule has 1 rings (SSSR count). The highest BCUT2D eigenvalue weighted by molar-refractivity contribution is 5.87. The van der Waals surface area contributed by atoms with Gasteiger partial charge >= 0.3 is 0 Å². The van der Waals surface area contributed by atoms with Crippen LogP contribution < -0.4 is 11.5 Å². The molecule has 1 saturated heterocycles. The third-order valence-electron chi connectivity index (χ3n) is 3.17. The van der Waals surface area contributed by atoms with Crippen LogP contribution in [0, 0.1) is 16.2 Å². The largest absolute Gasteiger partial charge is 0.370 e. The number of hydrogen-bond donors (Lipinski definition) is 3. The number of rotatable bonds is 1. The smallest absolute Gasteiger partial charge is 0.227 e. The minimum atomic E-state index is -0.543. The summed E-state index contributed by atoms with van der Waals surface area (Å²) in [5, 5.41) is 7.23. The Morgan fingerprint density at radius 1 is 1.36 bits per heavy atom. The van der Waals surface area contributed by atoms with Gasteiger partial charge in [-0.05, 0) is 5.41 Å². The molecule has 0 radical (unpaired) electrons. The standard InChI is InChI=1S/C9H18N4O/c1-8(2,3)9(6(10)14)4-13(5-9)7(11)12/h4-5H2,1-3H3,(H2,10,14)(H3,11,12). The van der Waals surface area contributed by atoms with E-state index in [1.54, 1.807) is 4.90 Å². The summed E-state index contributed by atoms with van der Waals surface area (Å²) in [4.78, 5) is 13.1. The Kier molecular flexibility index (Phi) is 2.21. The monoisotopic (exact) mass is 198 g/mol. The average Bonchev–Trinajstić information content (AvgIpc) is 1.77. The van der Waals surface area contributed by atoms with E-state index >= 15 is 0 Å². The van der Waals surface area contributed by atoms with Crippen LogP contribution in [0.4, 0.5) is 0 Å². The molecule has 0 aromatic rings. The molecule has 1 heterocycles. The molecule has 0 bridgehead atoms. The number of primary amides is 1. The van der Waals surface area contributed by atoms with E-state index in [0.717, 1.165) is 0 Å². The SMILES string of the molecule is CC(C)(C)C1(C(N)=O)CN(C(=N)N)C1. The lowest BCUT2D eigenvalue weighted by atomic mass is 9.61. The first-order valence-electron chi connectivity index (χ1n) is 4.59. The lowest BCUT2D eigenvalue weighted by Crippen LogP contribution is -2.69. The second-order valence-electron chi connectivity index (χ2n) is 4.94. The number of likely N-dealkylation sites (tertiary alicyclic amines) is 1. The van der Waals surface area contributed by atoms with Crippen LogP contribution in [0.15, 0.2) is 0 Å². The van der Waals surface area contributed by atoms with Gasteiger partial charge in [0.25, 0.3) is 0 Å². The summed E-state index contributed by atoms with van der Waals surface area (Å²) in [5.74, 6) is -0.298. The van der Waals surface area contributed by atoms with Gasteiger partial charge in [0, 0.05) is 13.1 Å². The number of amides is 1. The molecule has 1 aliphatic rings. The molecule has 5 heteroatoms. The van der Waals surface area contributed by atoms with E-state index in [9.17, 15) is 4.79 Å². The quantitative estimate of drug-likeness (QED) is 0.399. The number of hydrogen-bond acceptors (Lipinski definition) is 2. The maximum absolute atomic E-state index is 11.4. The molecule has 0 aromatic carbocycles. The maximum Gasteiger partial charge on any atom is 0.227 e. The number of nitrogens with zero attached hydrogens (tertiary/aromatic N) is 1. The second kappa shape index (κ2) is 2.87. The van der Waals surface area contributed by atoms with Crippen LogP contribution >= 0.6 is 0 Å². The Hall–Kier alpha value is -1.26. The molecule has 0 spiro atoms. The number of carbonyl (C=O) groups excluding carboxylic acids is 1. The van der Waals surface area contributed by atoms with Crippen molar-refractivity contribution in [3.8, 4) is 0 Å². The number of nitrogens with one attached hydrogen (secondary N) is 1. The normalized spacial score (nSPS) is 20.1. The summed E-state index contributed by atoms with van der Waals surface area (Å²) in [6, 6.07) is 0. The molecule has 0 aliphatic carbocycles. The zero-order chi connectivity index (χ0) is 11.1. The molecule has 14 heavy (non-hydrogen) atoms. The molecule has 0 atom stereocenters. The van der Waals surface area contributed by atoms with Gasteiger partial charge in [-0.2, -0.15) is 0 Å². The zero-order valence-electron chi connectivity index (χ0n) is 8.92. The highest BCUT2D eigenvalue weighted by atomic mass is 16.1. The van der Waals surface area contributed by atoms with Gasteiger partial charge < -0.3 is 16.4 Å². The van der Waals surface area contributed by atoms with Crippen LogP contribution in [-0.2, 0) is 4.79 Å². The molecular weight excluding hydrogens is 180 g/mol. The summed E-state index contributed by atoms with van der Waals surface area (Å²) in [6.45, 7) is 6.86. The van der Waals surface area contributed by atoms with Crippen LogP contribution in [0.3, 0.4) is 0 Å². The summed E-state index contributed by atoms with van der Waals surface area (Å²) >= 11 is 0. The van der Waals surface area contributed by atoms with E-state index in [-0.39, 0.29) is 17.3 Å². The minimum absolute atomic E-state index is 0.00567. The van der Waals surface area contributed by atoms with Crippen molar-refractivity contribution >= 4 is 11.9 Å². The first kappa shape index (κ1) is 10.8. The zero-order valence-corrected chi connectivity index (χ0v) is 8.92. The molecule has 1 aliphatic heterocycles. The molecule has 0 saturated carbocycles. The van der Waals surface area contributed by atoms with E-state index < -0.39 is 5.41 Å². The van der Waals surface area contributed by atoms with Gasteiger partial charge in [-0.25, -0.2) is 0 Å². The molecule has 0 unspecified atom stereocenters. The van der Waals surface area contributed by atoms with Crippen molar-refractivity contribution in [3.63, 3.8) is 0 Å². The van der Waals surface area contributed by atoms with Crippen molar-refractivity contribution in [3.05, 3.63) is 0 Å². The molecule has 5 nitrogen and oxygen atoms in total. The molecule has 80 valence electrons. The van der Waals surface area contributed by atoms with Gasteiger partial charge in [-0.15, -0.1) is 0 Å².